The van der Waals surface area contributed by atoms with Crippen LogP contribution in [0.4, 0.5) is 34.1 Å². The molecule has 0 spiro atoms. The molecule has 2 nitrogen and oxygen atoms in total. The van der Waals surface area contributed by atoms with E-state index >= 15 is 0 Å². The first kappa shape index (κ1) is 42.2. The molecule has 0 fully saturated rings. The minimum absolute atomic E-state index is 0.00844. The van der Waals surface area contributed by atoms with Gasteiger partial charge in [0.15, 0.2) is 0 Å². The van der Waals surface area contributed by atoms with Crippen LogP contribution in [0.5, 0.6) is 0 Å². The van der Waals surface area contributed by atoms with E-state index in [0.29, 0.717) is 0 Å². The van der Waals surface area contributed by atoms with Gasteiger partial charge in [0.2, 0.25) is 0 Å². The highest BCUT2D eigenvalue weighted by Gasteiger charge is 2.45. The topological polar surface area (TPSA) is 6.48 Å². The Bertz CT molecular complexity index is 2990. The first-order valence-electron chi connectivity index (χ1n) is 23.6. The monoisotopic (exact) mass is 837 g/mol. The zero-order valence-corrected chi connectivity index (χ0v) is 40.8. The Morgan fingerprint density at radius 1 is 0.391 bits per heavy atom. The Hall–Kier alpha value is -5.80. The largest absolute Gasteiger partial charge is 0.311 e. The Morgan fingerprint density at radius 3 is 1.48 bits per heavy atom. The Labute approximate surface area is 384 Å². The Morgan fingerprint density at radius 2 is 0.875 bits per heavy atom. The average molecular weight is 837 g/mol. The van der Waals surface area contributed by atoms with Gasteiger partial charge in [-0.1, -0.05) is 188 Å². The second kappa shape index (κ2) is 14.1. The molecule has 322 valence electrons. The second-order valence-corrected chi connectivity index (χ2v) is 23.6. The fourth-order valence-electron chi connectivity index (χ4n) is 10.8. The second-order valence-electron chi connectivity index (χ2n) is 23.6. The summed E-state index contributed by atoms with van der Waals surface area (Å²) in [5.74, 6) is 0. The third-order valence-corrected chi connectivity index (χ3v) is 14.7. The van der Waals surface area contributed by atoms with Crippen LogP contribution in [0.25, 0.3) is 22.3 Å². The molecule has 3 heteroatoms. The predicted octanol–water partition coefficient (Wildman–Crippen LogP) is 14.9. The number of benzene rings is 7. The van der Waals surface area contributed by atoms with E-state index in [1.54, 1.807) is 0 Å². The summed E-state index contributed by atoms with van der Waals surface area (Å²) in [7, 11) is 0. The molecule has 0 saturated heterocycles. The van der Waals surface area contributed by atoms with Crippen molar-refractivity contribution < 1.29 is 0 Å². The zero-order valence-electron chi connectivity index (χ0n) is 40.8. The maximum atomic E-state index is 2.60. The summed E-state index contributed by atoms with van der Waals surface area (Å²) in [6, 6.07) is 54.5. The average Bonchev–Trinajstić information content (AvgIpc) is 3.48. The summed E-state index contributed by atoms with van der Waals surface area (Å²) < 4.78 is 0. The van der Waals surface area contributed by atoms with E-state index in [1.165, 1.54) is 106 Å². The number of hydrogen-bond acceptors (Lipinski definition) is 2. The van der Waals surface area contributed by atoms with Crippen molar-refractivity contribution in [2.24, 2.45) is 0 Å². The standard InChI is InChI=1S/C61H65BN2/c1-57(2,3)39-24-30-44(31-25-39)63-51-33-27-40(58(4,5)6)34-50(51)62-49-32-26-41(59(7,8)9)35-52(49)64(54-37-42(60(10,11)12)36-53(63)56(54)62)43-28-22-38(23-29-43)45-19-17-21-48-55(45)46-18-15-16-20-47(46)61(48,13)14/h15-37H,1-14H3. The van der Waals surface area contributed by atoms with Gasteiger partial charge >= 0.3 is 0 Å². The number of anilines is 6. The van der Waals surface area contributed by atoms with Gasteiger partial charge < -0.3 is 9.80 Å². The van der Waals surface area contributed by atoms with Crippen molar-refractivity contribution in [3.8, 4) is 22.3 Å². The van der Waals surface area contributed by atoms with Crippen LogP contribution < -0.4 is 26.2 Å². The SMILES string of the molecule is CC(C)(C)c1ccc(N2c3ccc(C(C)(C)C)cc3B3c4ccc(C(C)(C)C)cc4N(c4ccc(-c5cccc6c5-c5ccccc5C6(C)C)cc4)c4cc(C(C)(C)C)cc2c43)cc1. The fourth-order valence-corrected chi connectivity index (χ4v) is 10.8. The van der Waals surface area contributed by atoms with Crippen LogP contribution in [0, 0.1) is 0 Å². The molecule has 0 radical (unpaired) electrons. The lowest BCUT2D eigenvalue weighted by Crippen LogP contribution is -2.61. The highest BCUT2D eigenvalue weighted by molar-refractivity contribution is 7.00. The van der Waals surface area contributed by atoms with E-state index in [-0.39, 0.29) is 33.8 Å². The predicted molar refractivity (Wildman–Crippen MR) is 278 cm³/mol. The van der Waals surface area contributed by atoms with E-state index in [1.807, 2.05) is 0 Å². The lowest BCUT2D eigenvalue weighted by atomic mass is 9.33. The van der Waals surface area contributed by atoms with Crippen molar-refractivity contribution in [3.63, 3.8) is 0 Å². The normalized spacial score (nSPS) is 15.1. The van der Waals surface area contributed by atoms with E-state index in [4.69, 9.17) is 0 Å². The van der Waals surface area contributed by atoms with Crippen LogP contribution in [0.3, 0.4) is 0 Å². The zero-order chi connectivity index (χ0) is 45.5. The molecule has 64 heavy (non-hydrogen) atoms. The van der Waals surface area contributed by atoms with Gasteiger partial charge in [-0.3, -0.25) is 0 Å². The van der Waals surface area contributed by atoms with Gasteiger partial charge in [-0.2, -0.15) is 0 Å². The summed E-state index contributed by atoms with van der Waals surface area (Å²) in [5.41, 5.74) is 24.8. The van der Waals surface area contributed by atoms with Gasteiger partial charge in [-0.25, -0.2) is 0 Å². The maximum Gasteiger partial charge on any atom is 0.252 e. The minimum Gasteiger partial charge on any atom is -0.311 e. The van der Waals surface area contributed by atoms with Crippen molar-refractivity contribution in [3.05, 3.63) is 173 Å². The highest BCUT2D eigenvalue weighted by atomic mass is 15.2. The van der Waals surface area contributed by atoms with Crippen molar-refractivity contribution in [1.82, 2.24) is 0 Å². The minimum atomic E-state index is -0.0972. The maximum absolute atomic E-state index is 2.60. The molecule has 7 aromatic rings. The third-order valence-electron chi connectivity index (χ3n) is 14.7. The molecule has 2 heterocycles. The number of nitrogens with zero attached hydrogens (tertiary/aromatic N) is 2. The molecule has 3 aliphatic rings. The molecule has 0 bridgehead atoms. The molecule has 0 aromatic heterocycles. The van der Waals surface area contributed by atoms with E-state index in [9.17, 15) is 0 Å². The molecule has 10 rings (SSSR count). The molecule has 7 aromatic carbocycles. The number of fused-ring (bicyclic) bond motifs is 7. The van der Waals surface area contributed by atoms with Gasteiger partial charge in [-0.15, -0.1) is 0 Å². The van der Waals surface area contributed by atoms with Gasteiger partial charge in [-0.05, 0) is 142 Å². The lowest BCUT2D eigenvalue weighted by molar-refractivity contribution is 0.589. The van der Waals surface area contributed by atoms with Crippen LogP contribution in [0.15, 0.2) is 140 Å². The molecule has 0 atom stereocenters. The quantitative estimate of drug-likeness (QED) is 0.164. The van der Waals surface area contributed by atoms with E-state index in [2.05, 4.69) is 246 Å². The van der Waals surface area contributed by atoms with Crippen LogP contribution in [0.2, 0.25) is 0 Å². The van der Waals surface area contributed by atoms with Crippen molar-refractivity contribution in [2.45, 2.75) is 124 Å². The lowest BCUT2D eigenvalue weighted by Gasteiger charge is -2.45. The summed E-state index contributed by atoms with van der Waals surface area (Å²) in [5, 5.41) is 0. The Balaban J connectivity index is 1.24. The molecular weight excluding hydrogens is 771 g/mol. The molecule has 2 aliphatic heterocycles. The number of rotatable bonds is 3. The highest BCUT2D eigenvalue weighted by Crippen LogP contribution is 2.53. The van der Waals surface area contributed by atoms with Crippen LogP contribution in [-0.4, -0.2) is 6.71 Å². The molecule has 0 amide bonds. The summed E-state index contributed by atoms with van der Waals surface area (Å²) >= 11 is 0. The molecule has 0 saturated carbocycles. The van der Waals surface area contributed by atoms with Gasteiger partial charge in [0.05, 0.1) is 0 Å². The van der Waals surface area contributed by atoms with Crippen molar-refractivity contribution in [2.75, 3.05) is 9.80 Å². The summed E-state index contributed by atoms with van der Waals surface area (Å²) in [6.45, 7) is 32.8. The number of hydrogen-bond donors (Lipinski definition) is 0. The molecule has 0 N–H and O–H groups in total. The third kappa shape index (κ3) is 6.59. The first-order valence-corrected chi connectivity index (χ1v) is 23.6. The van der Waals surface area contributed by atoms with E-state index in [0.717, 1.165) is 0 Å². The van der Waals surface area contributed by atoms with Crippen LogP contribution in [-0.2, 0) is 27.1 Å². The summed E-state index contributed by atoms with van der Waals surface area (Å²) in [4.78, 5) is 5.18. The fraction of sp³-hybridized carbons (Fsp3) is 0.311. The van der Waals surface area contributed by atoms with Crippen molar-refractivity contribution >= 4 is 57.2 Å². The van der Waals surface area contributed by atoms with Crippen LogP contribution >= 0.6 is 0 Å². The molecule has 0 unspecified atom stereocenters. The smallest absolute Gasteiger partial charge is 0.252 e. The van der Waals surface area contributed by atoms with Gasteiger partial charge in [0.1, 0.15) is 0 Å². The molecule has 1 aliphatic carbocycles. The first-order chi connectivity index (χ1) is 30.0. The summed E-state index contributed by atoms with van der Waals surface area (Å²) in [6.07, 6.45) is 0. The van der Waals surface area contributed by atoms with Crippen LogP contribution in [0.1, 0.15) is 130 Å². The van der Waals surface area contributed by atoms with E-state index < -0.39 is 0 Å². The van der Waals surface area contributed by atoms with Crippen molar-refractivity contribution in [1.29, 1.82) is 0 Å². The van der Waals surface area contributed by atoms with Gasteiger partial charge in [0, 0.05) is 39.5 Å². The van der Waals surface area contributed by atoms with Gasteiger partial charge in [0.25, 0.3) is 6.71 Å². The molecular formula is C61H65BN2. The Kier molecular flexibility index (Phi) is 9.29.